The van der Waals surface area contributed by atoms with Gasteiger partial charge in [0.15, 0.2) is 5.78 Å². The minimum absolute atomic E-state index is 0.0106. The van der Waals surface area contributed by atoms with Crippen LogP contribution in [0.15, 0.2) is 18.2 Å². The molecule has 0 amide bonds. The van der Waals surface area contributed by atoms with E-state index in [-0.39, 0.29) is 5.78 Å². The standard InChI is InChI=1S/C13H18ClNO2/c1-9(16)10-5-6-12(11(14)7-10)15(4)8-13(2,3)17/h5-7,17H,8H2,1-4H3. The van der Waals surface area contributed by atoms with Crippen LogP contribution in [0, 0.1) is 0 Å². The van der Waals surface area contributed by atoms with E-state index in [1.54, 1.807) is 32.0 Å². The fourth-order valence-electron chi connectivity index (χ4n) is 1.70. The largest absolute Gasteiger partial charge is 0.389 e. The molecule has 0 spiro atoms. The molecule has 1 N–H and O–H groups in total. The summed E-state index contributed by atoms with van der Waals surface area (Å²) in [6.07, 6.45) is 0. The van der Waals surface area contributed by atoms with Gasteiger partial charge in [-0.05, 0) is 39.0 Å². The van der Waals surface area contributed by atoms with Crippen LogP contribution < -0.4 is 4.90 Å². The van der Waals surface area contributed by atoms with Crippen molar-refractivity contribution in [3.8, 4) is 0 Å². The SMILES string of the molecule is CC(=O)c1ccc(N(C)CC(C)(C)O)c(Cl)c1. The lowest BCUT2D eigenvalue weighted by Gasteiger charge is -2.28. The van der Waals surface area contributed by atoms with Gasteiger partial charge in [-0.25, -0.2) is 0 Å². The minimum atomic E-state index is -0.794. The van der Waals surface area contributed by atoms with Crippen molar-refractivity contribution in [2.45, 2.75) is 26.4 Å². The first-order valence-corrected chi connectivity index (χ1v) is 5.82. The Hall–Kier alpha value is -1.06. The molecule has 0 bridgehead atoms. The second-order valence-electron chi connectivity index (χ2n) is 4.89. The molecule has 0 saturated carbocycles. The highest BCUT2D eigenvalue weighted by atomic mass is 35.5. The molecule has 0 aliphatic heterocycles. The second-order valence-corrected chi connectivity index (χ2v) is 5.30. The maximum atomic E-state index is 11.2. The van der Waals surface area contributed by atoms with Crippen LogP contribution in [0.1, 0.15) is 31.1 Å². The van der Waals surface area contributed by atoms with Crippen LogP contribution >= 0.6 is 11.6 Å². The van der Waals surface area contributed by atoms with Gasteiger partial charge >= 0.3 is 0 Å². The number of anilines is 1. The van der Waals surface area contributed by atoms with Gasteiger partial charge in [0.05, 0.1) is 16.3 Å². The summed E-state index contributed by atoms with van der Waals surface area (Å²) in [5.41, 5.74) is 0.603. The molecular weight excluding hydrogens is 238 g/mol. The van der Waals surface area contributed by atoms with E-state index in [1.807, 2.05) is 11.9 Å². The van der Waals surface area contributed by atoms with Crippen LogP contribution in [0.25, 0.3) is 0 Å². The number of aliphatic hydroxyl groups is 1. The number of benzene rings is 1. The first-order chi connectivity index (χ1) is 7.70. The average molecular weight is 256 g/mol. The van der Waals surface area contributed by atoms with Gasteiger partial charge in [0, 0.05) is 19.2 Å². The van der Waals surface area contributed by atoms with Crippen molar-refractivity contribution in [3.05, 3.63) is 28.8 Å². The van der Waals surface area contributed by atoms with E-state index >= 15 is 0 Å². The monoisotopic (exact) mass is 255 g/mol. The predicted molar refractivity (Wildman–Crippen MR) is 71.0 cm³/mol. The average Bonchev–Trinajstić information content (AvgIpc) is 2.14. The van der Waals surface area contributed by atoms with Crippen LogP contribution in [-0.4, -0.2) is 30.1 Å². The molecule has 17 heavy (non-hydrogen) atoms. The first-order valence-electron chi connectivity index (χ1n) is 5.45. The third kappa shape index (κ3) is 4.02. The third-order valence-corrected chi connectivity index (χ3v) is 2.69. The highest BCUT2D eigenvalue weighted by Gasteiger charge is 2.17. The molecule has 0 atom stereocenters. The van der Waals surface area contributed by atoms with Crippen molar-refractivity contribution < 1.29 is 9.90 Å². The molecule has 1 aromatic carbocycles. The molecule has 1 aromatic rings. The second kappa shape index (κ2) is 5.07. The highest BCUT2D eigenvalue weighted by Crippen LogP contribution is 2.27. The van der Waals surface area contributed by atoms with Gasteiger partial charge in [0.2, 0.25) is 0 Å². The number of carbonyl (C=O) groups excluding carboxylic acids is 1. The lowest BCUT2D eigenvalue weighted by atomic mass is 10.1. The van der Waals surface area contributed by atoms with Crippen molar-refractivity contribution in [1.82, 2.24) is 0 Å². The summed E-state index contributed by atoms with van der Waals surface area (Å²) in [6, 6.07) is 5.19. The highest BCUT2D eigenvalue weighted by molar-refractivity contribution is 6.33. The molecule has 0 fully saturated rings. The molecule has 0 saturated heterocycles. The van der Waals surface area contributed by atoms with Crippen molar-refractivity contribution in [1.29, 1.82) is 0 Å². The number of Topliss-reactive ketones (excluding diaryl/α,β-unsaturated/α-hetero) is 1. The van der Waals surface area contributed by atoms with E-state index in [2.05, 4.69) is 0 Å². The van der Waals surface area contributed by atoms with E-state index in [4.69, 9.17) is 11.6 Å². The lowest BCUT2D eigenvalue weighted by Crippen LogP contribution is -2.36. The van der Waals surface area contributed by atoms with Gasteiger partial charge in [-0.1, -0.05) is 11.6 Å². The Morgan fingerprint density at radius 3 is 2.47 bits per heavy atom. The topological polar surface area (TPSA) is 40.5 Å². The molecule has 94 valence electrons. The Kier molecular flexibility index (Phi) is 4.17. The fourth-order valence-corrected chi connectivity index (χ4v) is 2.03. The van der Waals surface area contributed by atoms with Crippen LogP contribution in [0.4, 0.5) is 5.69 Å². The molecule has 0 aromatic heterocycles. The quantitative estimate of drug-likeness (QED) is 0.841. The number of halogens is 1. The van der Waals surface area contributed by atoms with Crippen LogP contribution in [0.2, 0.25) is 5.02 Å². The van der Waals surface area contributed by atoms with Gasteiger partial charge in [0.25, 0.3) is 0 Å². The van der Waals surface area contributed by atoms with Crippen molar-refractivity contribution in [3.63, 3.8) is 0 Å². The summed E-state index contributed by atoms with van der Waals surface area (Å²) in [4.78, 5) is 13.1. The number of carbonyl (C=O) groups is 1. The molecule has 0 heterocycles. The van der Waals surface area contributed by atoms with Crippen LogP contribution in [-0.2, 0) is 0 Å². The summed E-state index contributed by atoms with van der Waals surface area (Å²) in [7, 11) is 1.85. The molecular formula is C13H18ClNO2. The summed E-state index contributed by atoms with van der Waals surface area (Å²) >= 11 is 6.12. The van der Waals surface area contributed by atoms with E-state index in [9.17, 15) is 9.90 Å². The Balaban J connectivity index is 2.96. The maximum Gasteiger partial charge on any atom is 0.159 e. The summed E-state index contributed by atoms with van der Waals surface area (Å²) in [5.74, 6) is -0.0106. The first kappa shape index (κ1) is 14.0. The van der Waals surface area contributed by atoms with E-state index in [1.165, 1.54) is 6.92 Å². The van der Waals surface area contributed by atoms with E-state index < -0.39 is 5.60 Å². The fraction of sp³-hybridized carbons (Fsp3) is 0.462. The minimum Gasteiger partial charge on any atom is -0.389 e. The summed E-state index contributed by atoms with van der Waals surface area (Å²) in [6.45, 7) is 5.45. The molecule has 0 aliphatic rings. The smallest absolute Gasteiger partial charge is 0.159 e. The van der Waals surface area contributed by atoms with Crippen LogP contribution in [0.5, 0.6) is 0 Å². The Bertz CT molecular complexity index is 424. The Labute approximate surface area is 107 Å². The molecule has 3 nitrogen and oxygen atoms in total. The lowest BCUT2D eigenvalue weighted by molar-refractivity contribution is 0.0885. The number of likely N-dealkylation sites (N-methyl/N-ethyl adjacent to an activating group) is 1. The van der Waals surface area contributed by atoms with Crippen molar-refractivity contribution >= 4 is 23.1 Å². The van der Waals surface area contributed by atoms with Crippen molar-refractivity contribution in [2.75, 3.05) is 18.5 Å². The molecule has 4 heteroatoms. The Morgan fingerprint density at radius 2 is 2.06 bits per heavy atom. The number of ketones is 1. The van der Waals surface area contributed by atoms with Gasteiger partial charge in [-0.2, -0.15) is 0 Å². The molecule has 1 rings (SSSR count). The number of rotatable bonds is 4. The molecule has 0 aliphatic carbocycles. The van der Waals surface area contributed by atoms with Gasteiger partial charge in [-0.3, -0.25) is 4.79 Å². The summed E-state index contributed by atoms with van der Waals surface area (Å²) < 4.78 is 0. The Morgan fingerprint density at radius 1 is 1.47 bits per heavy atom. The summed E-state index contributed by atoms with van der Waals surface area (Å²) in [5, 5.41) is 10.3. The predicted octanol–water partition coefficient (Wildman–Crippen LogP) is 2.75. The maximum absolute atomic E-state index is 11.2. The normalized spacial score (nSPS) is 11.4. The zero-order chi connectivity index (χ0) is 13.2. The number of hydrogen-bond donors (Lipinski definition) is 1. The number of nitrogens with zero attached hydrogens (tertiary/aromatic N) is 1. The molecule has 0 radical (unpaired) electrons. The van der Waals surface area contributed by atoms with Crippen LogP contribution in [0.3, 0.4) is 0 Å². The number of hydrogen-bond acceptors (Lipinski definition) is 3. The third-order valence-electron chi connectivity index (χ3n) is 2.39. The van der Waals surface area contributed by atoms with E-state index in [0.29, 0.717) is 17.1 Å². The van der Waals surface area contributed by atoms with Crippen molar-refractivity contribution in [2.24, 2.45) is 0 Å². The zero-order valence-electron chi connectivity index (χ0n) is 10.6. The van der Waals surface area contributed by atoms with E-state index in [0.717, 1.165) is 5.69 Å². The molecule has 0 unspecified atom stereocenters. The van der Waals surface area contributed by atoms with Gasteiger partial charge in [-0.15, -0.1) is 0 Å². The zero-order valence-corrected chi connectivity index (χ0v) is 11.4. The van der Waals surface area contributed by atoms with Gasteiger partial charge in [0.1, 0.15) is 0 Å². The van der Waals surface area contributed by atoms with Gasteiger partial charge < -0.3 is 10.0 Å².